The van der Waals surface area contributed by atoms with Crippen molar-refractivity contribution in [2.75, 3.05) is 26.2 Å². The van der Waals surface area contributed by atoms with Crippen LogP contribution in [-0.2, 0) is 14.0 Å². The molecular weight excluding hydrogens is 419 g/mol. The van der Waals surface area contributed by atoms with Gasteiger partial charge in [0.05, 0.1) is 17.4 Å². The first-order chi connectivity index (χ1) is 14.4. The first-order valence-corrected chi connectivity index (χ1v) is 11.1. The van der Waals surface area contributed by atoms with Crippen LogP contribution in [0.4, 0.5) is 4.79 Å². The number of rotatable bonds is 2. The maximum absolute atomic E-state index is 12.1. The molecule has 3 aliphatic heterocycles. The summed E-state index contributed by atoms with van der Waals surface area (Å²) in [4.78, 5) is 13.7. The molecule has 2 N–H and O–H groups in total. The van der Waals surface area contributed by atoms with Crippen molar-refractivity contribution in [2.45, 2.75) is 92.5 Å². The van der Waals surface area contributed by atoms with Crippen molar-refractivity contribution in [1.29, 1.82) is 0 Å². The van der Waals surface area contributed by atoms with Gasteiger partial charge < -0.3 is 24.3 Å². The first kappa shape index (κ1) is 29.2. The summed E-state index contributed by atoms with van der Waals surface area (Å²) >= 11 is 0. The minimum atomic E-state index is -0.482. The average Bonchev–Trinajstić information content (AvgIpc) is 3.42. The third-order valence-corrected chi connectivity index (χ3v) is 6.21. The van der Waals surface area contributed by atoms with E-state index in [1.165, 1.54) is 12.0 Å². The van der Waals surface area contributed by atoms with Crippen LogP contribution < -0.4 is 5.32 Å². The predicted molar refractivity (Wildman–Crippen MR) is 134 cm³/mol. The van der Waals surface area contributed by atoms with Gasteiger partial charge in [0.15, 0.2) is 0 Å². The summed E-state index contributed by atoms with van der Waals surface area (Å²) in [6, 6.07) is 0. The Morgan fingerprint density at radius 3 is 2.33 bits per heavy atom. The summed E-state index contributed by atoms with van der Waals surface area (Å²) in [6.45, 7) is 17.0. The molecule has 188 valence electrons. The Labute approximate surface area is 201 Å². The van der Waals surface area contributed by atoms with Crippen molar-refractivity contribution in [3.8, 4) is 0 Å². The fourth-order valence-electron chi connectivity index (χ4n) is 3.63. The number of H-pyrrole nitrogens is 1. The quantitative estimate of drug-likeness (QED) is 0.625. The highest BCUT2D eigenvalue weighted by atomic mass is 16.7. The van der Waals surface area contributed by atoms with E-state index in [2.05, 4.69) is 15.5 Å². The Balaban J connectivity index is 0.000000381. The van der Waals surface area contributed by atoms with Gasteiger partial charge in [0.2, 0.25) is 0 Å². The van der Waals surface area contributed by atoms with Crippen molar-refractivity contribution in [2.24, 2.45) is 0 Å². The Morgan fingerprint density at radius 2 is 1.85 bits per heavy atom. The molecule has 0 saturated carbocycles. The number of aromatic amines is 1. The smallest absolute Gasteiger partial charge is 0.444 e. The molecule has 0 aliphatic carbocycles. The van der Waals surface area contributed by atoms with E-state index in [1.54, 1.807) is 4.90 Å². The van der Waals surface area contributed by atoms with Crippen LogP contribution in [0.15, 0.2) is 23.9 Å². The topological polar surface area (TPSA) is 88.7 Å². The number of carbonyl (C=O) groups excluding carboxylic acids is 1. The van der Waals surface area contributed by atoms with Crippen LogP contribution >= 0.6 is 0 Å². The summed E-state index contributed by atoms with van der Waals surface area (Å²) in [5, 5.41) is 10.1. The number of nitrogens with zero attached hydrogens (tertiary/aromatic N) is 2. The average molecular weight is 464 g/mol. The lowest BCUT2D eigenvalue weighted by molar-refractivity contribution is 0.00578. The van der Waals surface area contributed by atoms with Gasteiger partial charge in [0.1, 0.15) is 5.60 Å². The van der Waals surface area contributed by atoms with Crippen LogP contribution in [0.5, 0.6) is 0 Å². The maximum atomic E-state index is 12.1. The van der Waals surface area contributed by atoms with Crippen molar-refractivity contribution in [1.82, 2.24) is 20.4 Å². The molecule has 0 radical (unpaired) electrons. The van der Waals surface area contributed by atoms with Gasteiger partial charge in [-0.1, -0.05) is 20.9 Å². The number of nitrogens with one attached hydrogen (secondary N) is 2. The zero-order chi connectivity index (χ0) is 22.9. The zero-order valence-corrected chi connectivity index (χ0v) is 19.9. The van der Waals surface area contributed by atoms with E-state index in [9.17, 15) is 4.79 Å². The molecule has 1 aromatic rings. The van der Waals surface area contributed by atoms with Gasteiger partial charge >= 0.3 is 13.2 Å². The SMILES string of the molecule is C.C.CC(C)(C)OC(=O)N1CC=C(B2OC(C)(C)C(C)(C)O2)C1.c1n[nH]cc1C1CCNC1. The van der Waals surface area contributed by atoms with E-state index in [0.29, 0.717) is 19.0 Å². The molecule has 1 amide bonds. The summed E-state index contributed by atoms with van der Waals surface area (Å²) in [6.07, 6.45) is 6.84. The summed E-state index contributed by atoms with van der Waals surface area (Å²) in [5.41, 5.74) is 1.12. The minimum Gasteiger partial charge on any atom is -0.444 e. The number of hydrogen-bond acceptors (Lipinski definition) is 6. The molecule has 1 atom stereocenters. The molecule has 1 aromatic heterocycles. The van der Waals surface area contributed by atoms with Crippen molar-refractivity contribution >= 4 is 13.2 Å². The molecule has 3 aliphatic rings. The van der Waals surface area contributed by atoms with Crippen molar-refractivity contribution < 1.29 is 18.8 Å². The minimum absolute atomic E-state index is 0. The van der Waals surface area contributed by atoms with E-state index in [0.717, 1.165) is 18.6 Å². The van der Waals surface area contributed by atoms with Gasteiger partial charge in [-0.2, -0.15) is 5.10 Å². The third kappa shape index (κ3) is 7.32. The summed E-state index contributed by atoms with van der Waals surface area (Å²) in [7, 11) is -0.387. The number of carbonyl (C=O) groups is 1. The van der Waals surface area contributed by atoms with Crippen LogP contribution in [-0.4, -0.2) is 71.3 Å². The van der Waals surface area contributed by atoms with Crippen molar-refractivity contribution in [3.05, 3.63) is 29.5 Å². The molecule has 9 heteroatoms. The normalized spacial score (nSPS) is 23.1. The van der Waals surface area contributed by atoms with E-state index < -0.39 is 5.60 Å². The Hall–Kier alpha value is -1.84. The van der Waals surface area contributed by atoms with Gasteiger partial charge in [-0.3, -0.25) is 5.10 Å². The molecule has 0 spiro atoms. The summed E-state index contributed by atoms with van der Waals surface area (Å²) in [5.74, 6) is 0.693. The largest absolute Gasteiger partial charge is 0.492 e. The highest BCUT2D eigenvalue weighted by molar-refractivity contribution is 6.55. The standard InChI is InChI=1S/C15H26BNO4.C7H11N3.2CH4/c1-13(2,3)19-12(18)17-9-8-11(10-17)16-20-14(4,5)15(6,7)21-16;1-2-8-3-6(1)7-4-9-10-5-7;;/h8H,9-10H2,1-7H3;4-6,8H,1-3H2,(H,9,10);2*1H4. The fraction of sp³-hybridized carbons (Fsp3) is 0.750. The molecule has 33 heavy (non-hydrogen) atoms. The Morgan fingerprint density at radius 1 is 1.21 bits per heavy atom. The van der Waals surface area contributed by atoms with Gasteiger partial charge in [0, 0.05) is 31.7 Å². The second-order valence-electron chi connectivity index (χ2n) is 10.4. The molecule has 2 saturated heterocycles. The van der Waals surface area contributed by atoms with Crippen LogP contribution in [0, 0.1) is 0 Å². The second kappa shape index (κ2) is 11.1. The molecule has 2 fully saturated rings. The Bertz CT molecular complexity index is 765. The molecule has 4 heterocycles. The lowest BCUT2D eigenvalue weighted by Gasteiger charge is -2.32. The maximum Gasteiger partial charge on any atom is 0.492 e. The second-order valence-corrected chi connectivity index (χ2v) is 10.4. The molecule has 0 aromatic carbocycles. The number of aromatic nitrogens is 2. The highest BCUT2D eigenvalue weighted by Gasteiger charge is 2.53. The molecular formula is C24H45BN4O4. The fourth-order valence-corrected chi connectivity index (χ4v) is 3.63. The molecule has 1 unspecified atom stereocenters. The van der Waals surface area contributed by atoms with E-state index in [1.807, 2.05) is 66.9 Å². The lowest BCUT2D eigenvalue weighted by atomic mass is 9.79. The van der Waals surface area contributed by atoms with E-state index in [4.69, 9.17) is 14.0 Å². The first-order valence-electron chi connectivity index (χ1n) is 11.1. The van der Waals surface area contributed by atoms with Gasteiger partial charge in [-0.15, -0.1) is 0 Å². The van der Waals surface area contributed by atoms with Gasteiger partial charge in [0.25, 0.3) is 0 Å². The number of hydrogen-bond donors (Lipinski definition) is 2. The molecule has 4 rings (SSSR count). The monoisotopic (exact) mass is 464 g/mol. The third-order valence-electron chi connectivity index (χ3n) is 6.21. The predicted octanol–water partition coefficient (Wildman–Crippen LogP) is 4.55. The highest BCUT2D eigenvalue weighted by Crippen LogP contribution is 2.39. The van der Waals surface area contributed by atoms with E-state index >= 15 is 0 Å². The molecule has 8 nitrogen and oxygen atoms in total. The zero-order valence-electron chi connectivity index (χ0n) is 19.9. The van der Waals surface area contributed by atoms with Gasteiger partial charge in [-0.05, 0) is 72.5 Å². The van der Waals surface area contributed by atoms with Crippen molar-refractivity contribution in [3.63, 3.8) is 0 Å². The van der Waals surface area contributed by atoms with Crippen LogP contribution in [0.25, 0.3) is 0 Å². The lowest BCUT2D eigenvalue weighted by Crippen LogP contribution is -2.41. The number of ether oxygens (including phenoxy) is 1. The van der Waals surface area contributed by atoms with Crippen LogP contribution in [0.2, 0.25) is 0 Å². The number of amides is 1. The van der Waals surface area contributed by atoms with Crippen LogP contribution in [0.3, 0.4) is 0 Å². The van der Waals surface area contributed by atoms with E-state index in [-0.39, 0.29) is 39.3 Å². The Kier molecular flexibility index (Phi) is 9.79. The summed E-state index contributed by atoms with van der Waals surface area (Å²) < 4.78 is 17.4. The van der Waals surface area contributed by atoms with Gasteiger partial charge in [-0.25, -0.2) is 4.79 Å². The molecule has 0 bridgehead atoms. The van der Waals surface area contributed by atoms with Crippen LogP contribution in [0.1, 0.15) is 81.2 Å².